The van der Waals surface area contributed by atoms with Gasteiger partial charge in [0, 0.05) is 24.7 Å². The van der Waals surface area contributed by atoms with E-state index < -0.39 is 0 Å². The summed E-state index contributed by atoms with van der Waals surface area (Å²) in [5, 5.41) is 0. The Hall–Kier alpha value is -1.16. The average Bonchev–Trinajstić information content (AvgIpc) is 2.79. The van der Waals surface area contributed by atoms with Crippen molar-refractivity contribution in [3.05, 3.63) is 29.3 Å². The Bertz CT molecular complexity index is 499. The second-order valence-electron chi connectivity index (χ2n) is 4.50. The summed E-state index contributed by atoms with van der Waals surface area (Å²) >= 11 is 3.38. The molecule has 18 heavy (non-hydrogen) atoms. The van der Waals surface area contributed by atoms with E-state index in [2.05, 4.69) is 15.9 Å². The first-order valence-electron chi connectivity index (χ1n) is 6.14. The minimum atomic E-state index is -0.124. The molecule has 1 aliphatic rings. The summed E-state index contributed by atoms with van der Waals surface area (Å²) in [4.78, 5) is 25.1. The predicted octanol–water partition coefficient (Wildman–Crippen LogP) is 2.95. The zero-order chi connectivity index (χ0) is 13.3. The van der Waals surface area contributed by atoms with E-state index in [1.165, 1.54) is 0 Å². The molecular formula is C14H16BrNO2. The molecule has 1 aromatic carbocycles. The summed E-state index contributed by atoms with van der Waals surface area (Å²) in [6, 6.07) is 5.61. The van der Waals surface area contributed by atoms with Crippen LogP contribution in [0.15, 0.2) is 18.2 Å². The fraction of sp³-hybridized carbons (Fsp3) is 0.429. The molecule has 0 bridgehead atoms. The third-order valence-corrected chi connectivity index (χ3v) is 4.35. The van der Waals surface area contributed by atoms with Crippen LogP contribution < -0.4 is 4.90 Å². The van der Waals surface area contributed by atoms with Crippen LogP contribution >= 0.6 is 15.9 Å². The highest BCUT2D eigenvalue weighted by Crippen LogP contribution is 2.29. The van der Waals surface area contributed by atoms with Crippen LogP contribution in [-0.2, 0) is 11.2 Å². The number of nitrogens with zero attached hydrogens (tertiary/aromatic N) is 1. The van der Waals surface area contributed by atoms with Gasteiger partial charge < -0.3 is 4.90 Å². The molecule has 1 atom stereocenters. The van der Waals surface area contributed by atoms with Crippen LogP contribution in [0.1, 0.15) is 36.2 Å². The standard InChI is InChI=1S/C14H16BrNO2/c1-3-12(15)14(18)11-4-5-13-10(8-11)6-7-16(13)9(2)17/h4-5,8,12H,3,6-7H2,1-2H3. The summed E-state index contributed by atoms with van der Waals surface area (Å²) < 4.78 is 0. The quantitative estimate of drug-likeness (QED) is 0.636. The maximum atomic E-state index is 12.1. The number of carbonyl (C=O) groups is 2. The van der Waals surface area contributed by atoms with Crippen molar-refractivity contribution in [1.82, 2.24) is 0 Å². The van der Waals surface area contributed by atoms with Crippen LogP contribution in [0, 0.1) is 0 Å². The fourth-order valence-electron chi connectivity index (χ4n) is 2.25. The van der Waals surface area contributed by atoms with Crippen LogP contribution in [-0.4, -0.2) is 23.1 Å². The number of rotatable bonds is 3. The van der Waals surface area contributed by atoms with Gasteiger partial charge in [0.1, 0.15) is 0 Å². The third-order valence-electron chi connectivity index (χ3n) is 3.28. The van der Waals surface area contributed by atoms with Gasteiger partial charge in [0.25, 0.3) is 0 Å². The third kappa shape index (κ3) is 2.34. The number of alkyl halides is 1. The summed E-state index contributed by atoms with van der Waals surface area (Å²) in [6.07, 6.45) is 1.60. The first kappa shape index (κ1) is 13.3. The average molecular weight is 310 g/mol. The highest BCUT2D eigenvalue weighted by atomic mass is 79.9. The molecular weight excluding hydrogens is 294 g/mol. The van der Waals surface area contributed by atoms with Crippen molar-refractivity contribution in [2.45, 2.75) is 31.5 Å². The zero-order valence-corrected chi connectivity index (χ0v) is 12.2. The number of anilines is 1. The Morgan fingerprint density at radius 2 is 2.17 bits per heavy atom. The highest BCUT2D eigenvalue weighted by Gasteiger charge is 2.24. The van der Waals surface area contributed by atoms with Gasteiger partial charge in [-0.05, 0) is 36.6 Å². The van der Waals surface area contributed by atoms with Gasteiger partial charge in [0.15, 0.2) is 5.78 Å². The second kappa shape index (κ2) is 5.22. The smallest absolute Gasteiger partial charge is 0.223 e. The molecule has 0 N–H and O–H groups in total. The summed E-state index contributed by atoms with van der Waals surface area (Å²) in [5.74, 6) is 0.168. The fourth-order valence-corrected chi connectivity index (χ4v) is 2.51. The van der Waals surface area contributed by atoms with Crippen molar-refractivity contribution in [2.24, 2.45) is 0 Å². The number of benzene rings is 1. The van der Waals surface area contributed by atoms with Gasteiger partial charge in [-0.1, -0.05) is 22.9 Å². The van der Waals surface area contributed by atoms with Crippen molar-refractivity contribution in [3.63, 3.8) is 0 Å². The number of hydrogen-bond acceptors (Lipinski definition) is 2. The first-order valence-corrected chi connectivity index (χ1v) is 7.05. The molecule has 2 rings (SSSR count). The molecule has 0 aromatic heterocycles. The Kier molecular flexibility index (Phi) is 3.85. The lowest BCUT2D eigenvalue weighted by molar-refractivity contribution is -0.116. The van der Waals surface area contributed by atoms with E-state index in [0.29, 0.717) is 6.54 Å². The number of ketones is 1. The van der Waals surface area contributed by atoms with Crippen molar-refractivity contribution >= 4 is 33.3 Å². The molecule has 96 valence electrons. The second-order valence-corrected chi connectivity index (χ2v) is 5.61. The van der Waals surface area contributed by atoms with E-state index in [1.54, 1.807) is 11.8 Å². The van der Waals surface area contributed by atoms with Crippen molar-refractivity contribution in [1.29, 1.82) is 0 Å². The molecule has 1 aromatic rings. The highest BCUT2D eigenvalue weighted by molar-refractivity contribution is 9.10. The number of amides is 1. The van der Waals surface area contributed by atoms with Crippen LogP contribution in [0.2, 0.25) is 0 Å². The van der Waals surface area contributed by atoms with E-state index in [1.807, 2.05) is 25.1 Å². The molecule has 0 spiro atoms. The normalized spacial score (nSPS) is 15.4. The Morgan fingerprint density at radius 1 is 1.44 bits per heavy atom. The van der Waals surface area contributed by atoms with Gasteiger partial charge in [-0.15, -0.1) is 0 Å². The van der Waals surface area contributed by atoms with Crippen LogP contribution in [0.5, 0.6) is 0 Å². The van der Waals surface area contributed by atoms with E-state index in [9.17, 15) is 9.59 Å². The van der Waals surface area contributed by atoms with Gasteiger partial charge in [-0.3, -0.25) is 9.59 Å². The largest absolute Gasteiger partial charge is 0.312 e. The maximum Gasteiger partial charge on any atom is 0.223 e. The van der Waals surface area contributed by atoms with Crippen LogP contribution in [0.4, 0.5) is 5.69 Å². The summed E-state index contributed by atoms with van der Waals surface area (Å²) in [5.41, 5.74) is 2.76. The van der Waals surface area contributed by atoms with Crippen molar-refractivity contribution in [2.75, 3.05) is 11.4 Å². The molecule has 0 aliphatic carbocycles. The van der Waals surface area contributed by atoms with Gasteiger partial charge >= 0.3 is 0 Å². The maximum absolute atomic E-state index is 12.1. The predicted molar refractivity (Wildman–Crippen MR) is 75.5 cm³/mol. The molecule has 4 heteroatoms. The van der Waals surface area contributed by atoms with Crippen molar-refractivity contribution < 1.29 is 9.59 Å². The summed E-state index contributed by atoms with van der Waals surface area (Å²) in [7, 11) is 0. The number of Topliss-reactive ketones (excluding diaryl/α,β-unsaturated/α-hetero) is 1. The molecule has 0 radical (unpaired) electrons. The lowest BCUT2D eigenvalue weighted by Crippen LogP contribution is -2.25. The van der Waals surface area contributed by atoms with Crippen molar-refractivity contribution in [3.8, 4) is 0 Å². The van der Waals surface area contributed by atoms with Gasteiger partial charge in [0.05, 0.1) is 4.83 Å². The van der Waals surface area contributed by atoms with E-state index in [-0.39, 0.29) is 16.5 Å². The van der Waals surface area contributed by atoms with Gasteiger partial charge in [-0.2, -0.15) is 0 Å². The van der Waals surface area contributed by atoms with E-state index >= 15 is 0 Å². The minimum absolute atomic E-state index is 0.0553. The van der Waals surface area contributed by atoms with E-state index in [4.69, 9.17) is 0 Å². The summed E-state index contributed by atoms with van der Waals surface area (Å²) in [6.45, 7) is 4.26. The molecule has 0 fully saturated rings. The van der Waals surface area contributed by atoms with Crippen LogP contribution in [0.25, 0.3) is 0 Å². The molecule has 1 heterocycles. The Balaban J connectivity index is 2.30. The molecule has 1 aliphatic heterocycles. The Morgan fingerprint density at radius 3 is 2.78 bits per heavy atom. The molecule has 1 amide bonds. The zero-order valence-electron chi connectivity index (χ0n) is 10.6. The molecule has 3 nitrogen and oxygen atoms in total. The molecule has 0 saturated heterocycles. The van der Waals surface area contributed by atoms with Crippen LogP contribution in [0.3, 0.4) is 0 Å². The lowest BCUT2D eigenvalue weighted by atomic mass is 10.0. The van der Waals surface area contributed by atoms with Gasteiger partial charge in [-0.25, -0.2) is 0 Å². The number of fused-ring (bicyclic) bond motifs is 1. The topological polar surface area (TPSA) is 37.4 Å². The SMILES string of the molecule is CCC(Br)C(=O)c1ccc2c(c1)CCN2C(C)=O. The number of halogens is 1. The van der Waals surface area contributed by atoms with Gasteiger partial charge in [0.2, 0.25) is 5.91 Å². The number of carbonyl (C=O) groups excluding carboxylic acids is 2. The van der Waals surface area contributed by atoms with E-state index in [0.717, 1.165) is 29.7 Å². The first-order chi connectivity index (χ1) is 8.54. The minimum Gasteiger partial charge on any atom is -0.312 e. The lowest BCUT2D eigenvalue weighted by Gasteiger charge is -2.15. The molecule has 0 saturated carbocycles. The Labute approximate surface area is 115 Å². The number of hydrogen-bond donors (Lipinski definition) is 0. The monoisotopic (exact) mass is 309 g/mol. The molecule has 1 unspecified atom stereocenters.